The van der Waals surface area contributed by atoms with Crippen molar-refractivity contribution in [3.05, 3.63) is 17.8 Å². The second-order valence-electron chi connectivity index (χ2n) is 1.62. The molecule has 0 bridgehead atoms. The summed E-state index contributed by atoms with van der Waals surface area (Å²) < 4.78 is 0. The number of carbonyl (C=O) groups excluding carboxylic acids is 1. The maximum Gasteiger partial charge on any atom is 0.345 e. The van der Waals surface area contributed by atoms with Gasteiger partial charge in [-0.25, -0.2) is 0 Å². The van der Waals surface area contributed by atoms with Gasteiger partial charge in [0.05, 0.1) is 5.69 Å². The summed E-state index contributed by atoms with van der Waals surface area (Å²) in [5.41, 5.74) is 1.01. The molecule has 45 valence electrons. The standard InChI is InChI=1S/C5H5BNO2/c8-3-4-1-2-5(6-9)7-4/h1-3,7,9H. The summed E-state index contributed by atoms with van der Waals surface area (Å²) in [7, 11) is 0.910. The molecule has 0 aliphatic heterocycles. The fourth-order valence-electron chi connectivity index (χ4n) is 0.574. The number of H-pyrrole nitrogens is 1. The molecule has 1 aromatic heterocycles. The number of hydrogen-bond acceptors (Lipinski definition) is 2. The lowest BCUT2D eigenvalue weighted by molar-refractivity contribution is 0.111. The minimum Gasteiger partial charge on any atom is -0.449 e. The zero-order valence-electron chi connectivity index (χ0n) is 4.66. The van der Waals surface area contributed by atoms with Crippen LogP contribution in [0.2, 0.25) is 0 Å². The molecule has 0 unspecified atom stereocenters. The van der Waals surface area contributed by atoms with Crippen molar-refractivity contribution in [3.8, 4) is 0 Å². The van der Waals surface area contributed by atoms with E-state index in [9.17, 15) is 4.79 Å². The van der Waals surface area contributed by atoms with E-state index < -0.39 is 0 Å². The van der Waals surface area contributed by atoms with Crippen molar-refractivity contribution in [1.82, 2.24) is 4.98 Å². The Morgan fingerprint density at radius 1 is 1.67 bits per heavy atom. The number of aromatic amines is 1. The van der Waals surface area contributed by atoms with E-state index in [0.717, 1.165) is 7.48 Å². The molecule has 4 heteroatoms. The second-order valence-corrected chi connectivity index (χ2v) is 1.62. The molecule has 0 amide bonds. The lowest BCUT2D eigenvalue weighted by Crippen LogP contribution is -2.13. The Bertz CT molecular complexity index is 208. The van der Waals surface area contributed by atoms with Gasteiger partial charge in [0.1, 0.15) is 0 Å². The monoisotopic (exact) mass is 122 g/mol. The number of carbonyl (C=O) groups is 1. The molecule has 2 N–H and O–H groups in total. The van der Waals surface area contributed by atoms with Crippen LogP contribution in [0.3, 0.4) is 0 Å². The Balaban J connectivity index is 2.86. The summed E-state index contributed by atoms with van der Waals surface area (Å²) >= 11 is 0. The summed E-state index contributed by atoms with van der Waals surface area (Å²) in [6, 6.07) is 3.21. The highest BCUT2D eigenvalue weighted by Crippen LogP contribution is 1.84. The normalized spacial score (nSPS) is 9.00. The third-order valence-electron chi connectivity index (χ3n) is 0.997. The minimum atomic E-state index is 0.468. The van der Waals surface area contributed by atoms with Crippen molar-refractivity contribution >= 4 is 19.4 Å². The quantitative estimate of drug-likeness (QED) is 0.393. The van der Waals surface area contributed by atoms with E-state index in [1.54, 1.807) is 12.1 Å². The zero-order valence-corrected chi connectivity index (χ0v) is 4.66. The van der Waals surface area contributed by atoms with Gasteiger partial charge in [-0.15, -0.1) is 0 Å². The van der Waals surface area contributed by atoms with Gasteiger partial charge in [0, 0.05) is 5.59 Å². The van der Waals surface area contributed by atoms with Gasteiger partial charge in [-0.2, -0.15) is 0 Å². The van der Waals surface area contributed by atoms with Crippen LogP contribution in [0.1, 0.15) is 10.5 Å². The molecule has 0 aliphatic rings. The SMILES string of the molecule is O=Cc1ccc([B]O)[nH]1. The minimum absolute atomic E-state index is 0.468. The molecule has 1 heterocycles. The molecule has 0 fully saturated rings. The van der Waals surface area contributed by atoms with Crippen LogP contribution in [0.15, 0.2) is 12.1 Å². The van der Waals surface area contributed by atoms with E-state index in [4.69, 9.17) is 5.02 Å². The lowest BCUT2D eigenvalue weighted by atomic mass is 9.97. The molecule has 3 nitrogen and oxygen atoms in total. The predicted octanol–water partition coefficient (Wildman–Crippen LogP) is -0.936. The van der Waals surface area contributed by atoms with Crippen molar-refractivity contribution in [2.75, 3.05) is 0 Å². The lowest BCUT2D eigenvalue weighted by Gasteiger charge is -1.81. The summed E-state index contributed by atoms with van der Waals surface area (Å²) in [6.45, 7) is 0. The molecular weight excluding hydrogens is 117 g/mol. The number of hydrogen-bond donors (Lipinski definition) is 2. The van der Waals surface area contributed by atoms with Crippen molar-refractivity contribution in [3.63, 3.8) is 0 Å². The Morgan fingerprint density at radius 2 is 2.44 bits per heavy atom. The first-order valence-corrected chi connectivity index (χ1v) is 2.48. The number of aromatic nitrogens is 1. The van der Waals surface area contributed by atoms with Crippen LogP contribution in [0.5, 0.6) is 0 Å². The highest BCUT2D eigenvalue weighted by molar-refractivity contribution is 6.44. The highest BCUT2D eigenvalue weighted by atomic mass is 16.2. The van der Waals surface area contributed by atoms with Crippen LogP contribution in [0, 0.1) is 0 Å². The van der Waals surface area contributed by atoms with Gasteiger partial charge in [-0.3, -0.25) is 4.79 Å². The molecular formula is C5H5BNO2. The topological polar surface area (TPSA) is 53.1 Å². The van der Waals surface area contributed by atoms with Crippen LogP contribution < -0.4 is 5.59 Å². The summed E-state index contributed by atoms with van der Waals surface area (Å²) in [5.74, 6) is 0. The smallest absolute Gasteiger partial charge is 0.345 e. The number of aldehydes is 1. The molecule has 1 aromatic rings. The average molecular weight is 122 g/mol. The summed E-state index contributed by atoms with van der Waals surface area (Å²) in [4.78, 5) is 12.6. The Labute approximate surface area is 53.0 Å². The largest absolute Gasteiger partial charge is 0.449 e. The molecule has 0 saturated heterocycles. The van der Waals surface area contributed by atoms with Gasteiger partial charge in [-0.1, -0.05) is 0 Å². The highest BCUT2D eigenvalue weighted by Gasteiger charge is 1.95. The summed E-state index contributed by atoms with van der Waals surface area (Å²) in [6.07, 6.45) is 0.687. The van der Waals surface area contributed by atoms with E-state index in [1.165, 1.54) is 0 Å². The predicted molar refractivity (Wildman–Crippen MR) is 33.8 cm³/mol. The van der Waals surface area contributed by atoms with Gasteiger partial charge in [0.25, 0.3) is 0 Å². The molecule has 0 spiro atoms. The zero-order chi connectivity index (χ0) is 6.69. The summed E-state index contributed by atoms with van der Waals surface area (Å²) in [5, 5.41) is 8.37. The molecule has 0 saturated carbocycles. The van der Waals surface area contributed by atoms with Crippen LogP contribution in [0.4, 0.5) is 0 Å². The van der Waals surface area contributed by atoms with E-state index >= 15 is 0 Å². The van der Waals surface area contributed by atoms with Crippen molar-refractivity contribution in [2.45, 2.75) is 0 Å². The Hall–Kier alpha value is -1.03. The van der Waals surface area contributed by atoms with Crippen LogP contribution in [-0.4, -0.2) is 23.8 Å². The second kappa shape index (κ2) is 2.50. The molecule has 0 aromatic carbocycles. The molecule has 0 aliphatic carbocycles. The first-order chi connectivity index (χ1) is 4.36. The average Bonchev–Trinajstić information content (AvgIpc) is 2.34. The molecule has 1 radical (unpaired) electrons. The number of rotatable bonds is 2. The third kappa shape index (κ3) is 1.20. The van der Waals surface area contributed by atoms with Crippen LogP contribution >= 0.6 is 0 Å². The van der Waals surface area contributed by atoms with E-state index in [1.807, 2.05) is 0 Å². The molecule has 1 rings (SSSR count). The maximum atomic E-state index is 10.0. The third-order valence-corrected chi connectivity index (χ3v) is 0.997. The van der Waals surface area contributed by atoms with Gasteiger partial charge >= 0.3 is 7.48 Å². The van der Waals surface area contributed by atoms with Crippen molar-refractivity contribution in [2.24, 2.45) is 0 Å². The fraction of sp³-hybridized carbons (Fsp3) is 0. The van der Waals surface area contributed by atoms with Crippen LogP contribution in [0.25, 0.3) is 0 Å². The Morgan fingerprint density at radius 3 is 2.78 bits per heavy atom. The molecule has 0 atom stereocenters. The van der Waals surface area contributed by atoms with E-state index in [2.05, 4.69) is 4.98 Å². The Kier molecular flexibility index (Phi) is 1.70. The molecule has 9 heavy (non-hydrogen) atoms. The van der Waals surface area contributed by atoms with Gasteiger partial charge in [0.15, 0.2) is 6.29 Å². The van der Waals surface area contributed by atoms with E-state index in [-0.39, 0.29) is 0 Å². The van der Waals surface area contributed by atoms with Crippen LogP contribution in [-0.2, 0) is 0 Å². The van der Waals surface area contributed by atoms with Crippen molar-refractivity contribution in [1.29, 1.82) is 0 Å². The van der Waals surface area contributed by atoms with Gasteiger partial charge in [-0.05, 0) is 12.1 Å². The maximum absolute atomic E-state index is 10.0. The van der Waals surface area contributed by atoms with Gasteiger partial charge in [0.2, 0.25) is 0 Å². The first-order valence-electron chi connectivity index (χ1n) is 2.48. The fourth-order valence-corrected chi connectivity index (χ4v) is 0.574. The number of nitrogens with one attached hydrogen (secondary N) is 1. The van der Waals surface area contributed by atoms with Gasteiger partial charge < -0.3 is 10.0 Å². The van der Waals surface area contributed by atoms with E-state index in [0.29, 0.717) is 17.6 Å². The van der Waals surface area contributed by atoms with Crippen molar-refractivity contribution < 1.29 is 9.82 Å². The first kappa shape index (κ1) is 6.10.